The molecule has 1 heterocycles. The van der Waals surface area contributed by atoms with Crippen molar-refractivity contribution in [2.75, 3.05) is 7.05 Å². The summed E-state index contributed by atoms with van der Waals surface area (Å²) < 4.78 is 40.0. The average molecular weight is 297 g/mol. The van der Waals surface area contributed by atoms with Gasteiger partial charge in [-0.15, -0.1) is 0 Å². The molecule has 0 aliphatic heterocycles. The van der Waals surface area contributed by atoms with E-state index >= 15 is 0 Å². The number of aryl methyl sites for hydroxylation is 2. The molecule has 0 aliphatic rings. The van der Waals surface area contributed by atoms with Crippen molar-refractivity contribution in [3.63, 3.8) is 0 Å². The summed E-state index contributed by atoms with van der Waals surface area (Å²) in [6, 6.07) is 5.36. The highest BCUT2D eigenvalue weighted by atomic mass is 19.4. The minimum atomic E-state index is -4.31. The average Bonchev–Trinajstić information content (AvgIpc) is 2.85. The van der Waals surface area contributed by atoms with E-state index in [-0.39, 0.29) is 6.04 Å². The van der Waals surface area contributed by atoms with Gasteiger partial charge in [0.2, 0.25) is 0 Å². The van der Waals surface area contributed by atoms with E-state index in [1.54, 1.807) is 24.0 Å². The van der Waals surface area contributed by atoms with Crippen molar-refractivity contribution < 1.29 is 13.2 Å². The second kappa shape index (κ2) is 6.30. The highest BCUT2D eigenvalue weighted by Gasteiger charge is 2.30. The molecular weight excluding hydrogens is 279 g/mol. The van der Waals surface area contributed by atoms with Gasteiger partial charge in [-0.1, -0.05) is 12.1 Å². The largest absolute Gasteiger partial charge is 0.416 e. The van der Waals surface area contributed by atoms with Gasteiger partial charge in [-0.05, 0) is 43.1 Å². The molecule has 0 saturated heterocycles. The van der Waals surface area contributed by atoms with Crippen LogP contribution in [0.2, 0.25) is 0 Å². The van der Waals surface area contributed by atoms with Crippen LogP contribution in [-0.2, 0) is 19.6 Å². The van der Waals surface area contributed by atoms with Gasteiger partial charge in [0.05, 0.1) is 11.8 Å². The number of alkyl halides is 3. The summed E-state index contributed by atoms with van der Waals surface area (Å²) in [5.74, 6) is 0. The van der Waals surface area contributed by atoms with Gasteiger partial charge in [0, 0.05) is 19.3 Å². The summed E-state index contributed by atoms with van der Waals surface area (Å²) in [5, 5.41) is 7.17. The Hall–Kier alpha value is -1.82. The number of halogens is 3. The minimum absolute atomic E-state index is 0.118. The Balaban J connectivity index is 2.10. The van der Waals surface area contributed by atoms with Crippen LogP contribution in [-0.4, -0.2) is 16.8 Å². The van der Waals surface area contributed by atoms with Crippen LogP contribution < -0.4 is 5.32 Å². The molecule has 2 rings (SSSR count). The molecule has 0 bridgehead atoms. The molecule has 21 heavy (non-hydrogen) atoms. The van der Waals surface area contributed by atoms with Gasteiger partial charge in [0.25, 0.3) is 0 Å². The number of nitrogens with zero attached hydrogens (tertiary/aromatic N) is 2. The number of rotatable bonds is 5. The molecule has 114 valence electrons. The molecule has 6 heteroatoms. The van der Waals surface area contributed by atoms with Crippen LogP contribution in [0.3, 0.4) is 0 Å². The molecule has 0 amide bonds. The van der Waals surface area contributed by atoms with E-state index in [9.17, 15) is 13.2 Å². The highest BCUT2D eigenvalue weighted by Crippen LogP contribution is 2.31. The normalized spacial score (nSPS) is 13.4. The summed E-state index contributed by atoms with van der Waals surface area (Å²) in [4.78, 5) is 0. The standard InChI is InChI=1S/C15H18F3N3/c1-19-14(7-6-11-9-20-21(2)10-11)12-4-3-5-13(8-12)15(16,17)18/h3-5,8-10,14,19H,6-7H2,1-2H3. The van der Waals surface area contributed by atoms with Gasteiger partial charge >= 0.3 is 6.18 Å². The molecule has 0 saturated carbocycles. The van der Waals surface area contributed by atoms with E-state index < -0.39 is 11.7 Å². The van der Waals surface area contributed by atoms with Crippen molar-refractivity contribution in [3.8, 4) is 0 Å². The second-order valence-corrected chi connectivity index (χ2v) is 5.03. The minimum Gasteiger partial charge on any atom is -0.313 e. The van der Waals surface area contributed by atoms with E-state index in [2.05, 4.69) is 10.4 Å². The molecule has 0 fully saturated rings. The van der Waals surface area contributed by atoms with Gasteiger partial charge in [0.1, 0.15) is 0 Å². The first kappa shape index (κ1) is 15.6. The fraction of sp³-hybridized carbons (Fsp3) is 0.400. The fourth-order valence-electron chi connectivity index (χ4n) is 2.32. The molecule has 0 spiro atoms. The van der Waals surface area contributed by atoms with Crippen molar-refractivity contribution in [1.29, 1.82) is 0 Å². The van der Waals surface area contributed by atoms with E-state index in [0.717, 1.165) is 18.1 Å². The van der Waals surface area contributed by atoms with Crippen LogP contribution in [0.5, 0.6) is 0 Å². The van der Waals surface area contributed by atoms with E-state index in [1.807, 2.05) is 13.2 Å². The lowest BCUT2D eigenvalue weighted by Gasteiger charge is -2.18. The number of hydrogen-bond donors (Lipinski definition) is 1. The van der Waals surface area contributed by atoms with Crippen LogP contribution in [0, 0.1) is 0 Å². The van der Waals surface area contributed by atoms with Crippen LogP contribution >= 0.6 is 0 Å². The summed E-state index contributed by atoms with van der Waals surface area (Å²) in [7, 11) is 3.60. The van der Waals surface area contributed by atoms with Crippen LogP contribution in [0.25, 0.3) is 0 Å². The molecule has 0 radical (unpaired) electrons. The van der Waals surface area contributed by atoms with Gasteiger partial charge in [-0.25, -0.2) is 0 Å². The van der Waals surface area contributed by atoms with Crippen molar-refractivity contribution in [1.82, 2.24) is 15.1 Å². The maximum absolute atomic E-state index is 12.8. The fourth-order valence-corrected chi connectivity index (χ4v) is 2.32. The van der Waals surface area contributed by atoms with Gasteiger partial charge < -0.3 is 5.32 Å². The first-order valence-electron chi connectivity index (χ1n) is 6.72. The maximum Gasteiger partial charge on any atom is 0.416 e. The Bertz CT molecular complexity index is 590. The molecule has 1 N–H and O–H groups in total. The molecule has 1 atom stereocenters. The smallest absolute Gasteiger partial charge is 0.313 e. The predicted molar refractivity (Wildman–Crippen MR) is 74.8 cm³/mol. The summed E-state index contributed by atoms with van der Waals surface area (Å²) in [5.41, 5.74) is 1.11. The Kier molecular flexibility index (Phi) is 4.67. The maximum atomic E-state index is 12.8. The lowest BCUT2D eigenvalue weighted by Crippen LogP contribution is -2.18. The molecule has 0 aliphatic carbocycles. The highest BCUT2D eigenvalue weighted by molar-refractivity contribution is 5.28. The Morgan fingerprint density at radius 3 is 2.67 bits per heavy atom. The second-order valence-electron chi connectivity index (χ2n) is 5.03. The van der Waals surface area contributed by atoms with Gasteiger partial charge in [-0.2, -0.15) is 18.3 Å². The quantitative estimate of drug-likeness (QED) is 0.917. The van der Waals surface area contributed by atoms with Crippen molar-refractivity contribution >= 4 is 0 Å². The van der Waals surface area contributed by atoms with E-state index in [0.29, 0.717) is 12.0 Å². The predicted octanol–water partition coefficient (Wildman–Crippen LogP) is 3.33. The van der Waals surface area contributed by atoms with Crippen molar-refractivity contribution in [3.05, 3.63) is 53.3 Å². The van der Waals surface area contributed by atoms with Crippen LogP contribution in [0.4, 0.5) is 13.2 Å². The number of aromatic nitrogens is 2. The third-order valence-corrected chi connectivity index (χ3v) is 3.44. The van der Waals surface area contributed by atoms with E-state index in [1.165, 1.54) is 12.1 Å². The first-order chi connectivity index (χ1) is 9.90. The SMILES string of the molecule is CNC(CCc1cnn(C)c1)c1cccc(C(F)(F)F)c1. The Morgan fingerprint density at radius 1 is 1.33 bits per heavy atom. The zero-order valence-corrected chi connectivity index (χ0v) is 12.0. The topological polar surface area (TPSA) is 29.9 Å². The summed E-state index contributed by atoms with van der Waals surface area (Å²) in [6.45, 7) is 0. The third-order valence-electron chi connectivity index (χ3n) is 3.44. The number of hydrogen-bond acceptors (Lipinski definition) is 2. The Morgan fingerprint density at radius 2 is 2.10 bits per heavy atom. The molecular formula is C15H18F3N3. The summed E-state index contributed by atoms with van der Waals surface area (Å²) >= 11 is 0. The van der Waals surface area contributed by atoms with Gasteiger partial charge in [0.15, 0.2) is 0 Å². The molecule has 3 nitrogen and oxygen atoms in total. The van der Waals surface area contributed by atoms with Crippen LogP contribution in [0.1, 0.15) is 29.2 Å². The lowest BCUT2D eigenvalue weighted by atomic mass is 9.98. The first-order valence-corrected chi connectivity index (χ1v) is 6.72. The van der Waals surface area contributed by atoms with E-state index in [4.69, 9.17) is 0 Å². The molecule has 1 aromatic carbocycles. The zero-order chi connectivity index (χ0) is 15.5. The molecule has 1 aromatic heterocycles. The Labute approximate surface area is 121 Å². The third kappa shape index (κ3) is 4.07. The molecule has 2 aromatic rings. The monoisotopic (exact) mass is 297 g/mol. The van der Waals surface area contributed by atoms with Crippen molar-refractivity contribution in [2.45, 2.75) is 25.1 Å². The summed E-state index contributed by atoms with van der Waals surface area (Å²) in [6.07, 6.45) is 0.856. The zero-order valence-electron chi connectivity index (χ0n) is 12.0. The van der Waals surface area contributed by atoms with Crippen molar-refractivity contribution in [2.24, 2.45) is 7.05 Å². The lowest BCUT2D eigenvalue weighted by molar-refractivity contribution is -0.137. The number of nitrogens with one attached hydrogen (secondary N) is 1. The van der Waals surface area contributed by atoms with Crippen LogP contribution in [0.15, 0.2) is 36.7 Å². The van der Waals surface area contributed by atoms with Gasteiger partial charge in [-0.3, -0.25) is 4.68 Å². The molecule has 1 unspecified atom stereocenters. The number of benzene rings is 1.